The van der Waals surface area contributed by atoms with Crippen LogP contribution >= 0.6 is 27.7 Å². The van der Waals surface area contributed by atoms with Crippen molar-refractivity contribution in [1.29, 1.82) is 0 Å². The van der Waals surface area contributed by atoms with Gasteiger partial charge in [-0.1, -0.05) is 15.9 Å². The molecule has 1 saturated heterocycles. The van der Waals surface area contributed by atoms with Crippen LogP contribution in [0.5, 0.6) is 0 Å². The molecule has 0 aliphatic carbocycles. The van der Waals surface area contributed by atoms with Gasteiger partial charge in [-0.05, 0) is 30.4 Å². The number of benzene rings is 1. The average molecular weight is 345 g/mol. The highest BCUT2D eigenvalue weighted by molar-refractivity contribution is 9.10. The fourth-order valence-electron chi connectivity index (χ4n) is 1.80. The predicted molar refractivity (Wildman–Crippen MR) is 79.0 cm³/mol. The molecule has 0 saturated carbocycles. The summed E-state index contributed by atoms with van der Waals surface area (Å²) in [5.41, 5.74) is 0.351. The van der Waals surface area contributed by atoms with Gasteiger partial charge in [-0.25, -0.2) is 9.59 Å². The molecule has 1 aromatic carbocycles. The third-order valence-electron chi connectivity index (χ3n) is 2.73. The van der Waals surface area contributed by atoms with Crippen molar-refractivity contribution in [3.63, 3.8) is 0 Å². The monoisotopic (exact) mass is 344 g/mol. The van der Waals surface area contributed by atoms with E-state index in [1.54, 1.807) is 23.9 Å². The van der Waals surface area contributed by atoms with Gasteiger partial charge in [0.1, 0.15) is 0 Å². The summed E-state index contributed by atoms with van der Waals surface area (Å²) < 4.78 is 0.712. The number of amides is 2. The minimum Gasteiger partial charge on any atom is -0.478 e. The number of anilines is 1. The van der Waals surface area contributed by atoms with Crippen LogP contribution in [0.15, 0.2) is 22.7 Å². The fraction of sp³-hybridized carbons (Fsp3) is 0.333. The molecule has 2 amide bonds. The van der Waals surface area contributed by atoms with E-state index in [2.05, 4.69) is 26.6 Å². The molecule has 1 unspecified atom stereocenters. The minimum atomic E-state index is -1.07. The Balaban J connectivity index is 2.06. The summed E-state index contributed by atoms with van der Waals surface area (Å²) in [5, 5.41) is 14.5. The molecule has 1 atom stereocenters. The lowest BCUT2D eigenvalue weighted by Gasteiger charge is -2.14. The van der Waals surface area contributed by atoms with Crippen molar-refractivity contribution in [3.8, 4) is 0 Å². The number of urea groups is 1. The molecular formula is C12H13BrN2O3S. The van der Waals surface area contributed by atoms with Gasteiger partial charge in [0.15, 0.2) is 0 Å². The molecule has 102 valence electrons. The zero-order chi connectivity index (χ0) is 13.8. The number of carboxylic acids is 1. The van der Waals surface area contributed by atoms with E-state index in [0.717, 1.165) is 17.9 Å². The van der Waals surface area contributed by atoms with E-state index >= 15 is 0 Å². The molecular weight excluding hydrogens is 332 g/mol. The van der Waals surface area contributed by atoms with Crippen LogP contribution in [0.1, 0.15) is 16.8 Å². The molecule has 19 heavy (non-hydrogen) atoms. The van der Waals surface area contributed by atoms with Gasteiger partial charge in [-0.3, -0.25) is 0 Å². The zero-order valence-electron chi connectivity index (χ0n) is 9.98. The first-order valence-electron chi connectivity index (χ1n) is 5.74. The summed E-state index contributed by atoms with van der Waals surface area (Å²) in [7, 11) is 0. The highest BCUT2D eigenvalue weighted by Gasteiger charge is 2.19. The van der Waals surface area contributed by atoms with Crippen molar-refractivity contribution in [2.45, 2.75) is 12.5 Å². The van der Waals surface area contributed by atoms with Crippen LogP contribution < -0.4 is 10.6 Å². The Bertz CT molecular complexity index is 504. The summed E-state index contributed by atoms with van der Waals surface area (Å²) in [6.07, 6.45) is 0.947. The zero-order valence-corrected chi connectivity index (χ0v) is 12.4. The molecule has 5 nitrogen and oxygen atoms in total. The molecule has 0 radical (unpaired) electrons. The molecule has 7 heteroatoms. The van der Waals surface area contributed by atoms with Crippen molar-refractivity contribution >= 4 is 45.4 Å². The first kappa shape index (κ1) is 14.2. The van der Waals surface area contributed by atoms with Crippen molar-refractivity contribution in [1.82, 2.24) is 5.32 Å². The topological polar surface area (TPSA) is 78.4 Å². The maximum atomic E-state index is 11.8. The van der Waals surface area contributed by atoms with Crippen LogP contribution in [0.3, 0.4) is 0 Å². The van der Waals surface area contributed by atoms with Crippen molar-refractivity contribution < 1.29 is 14.7 Å². The van der Waals surface area contributed by atoms with E-state index in [-0.39, 0.29) is 23.3 Å². The number of carboxylic acid groups (broad SMARTS) is 1. The van der Waals surface area contributed by atoms with Gasteiger partial charge < -0.3 is 15.7 Å². The van der Waals surface area contributed by atoms with Gasteiger partial charge in [0.05, 0.1) is 11.3 Å². The van der Waals surface area contributed by atoms with Crippen LogP contribution in [-0.2, 0) is 0 Å². The maximum Gasteiger partial charge on any atom is 0.337 e. The summed E-state index contributed by atoms with van der Waals surface area (Å²) >= 11 is 5.05. The highest BCUT2D eigenvalue weighted by Crippen LogP contribution is 2.22. The Hall–Kier alpha value is -1.21. The number of thioether (sulfide) groups is 1. The van der Waals surface area contributed by atoms with Gasteiger partial charge in [0, 0.05) is 16.3 Å². The number of hydrogen-bond acceptors (Lipinski definition) is 3. The van der Waals surface area contributed by atoms with Crippen LogP contribution in [0.2, 0.25) is 0 Å². The molecule has 3 N–H and O–H groups in total. The van der Waals surface area contributed by atoms with Crippen LogP contribution in [0, 0.1) is 0 Å². The first-order valence-corrected chi connectivity index (χ1v) is 7.69. The minimum absolute atomic E-state index is 0.0687. The quantitative estimate of drug-likeness (QED) is 0.787. The Morgan fingerprint density at radius 3 is 2.84 bits per heavy atom. The third kappa shape index (κ3) is 3.87. The second-order valence-corrected chi connectivity index (χ2v) is 6.22. The Morgan fingerprint density at radius 1 is 1.42 bits per heavy atom. The number of aromatic carboxylic acids is 1. The van der Waals surface area contributed by atoms with E-state index < -0.39 is 5.97 Å². The SMILES string of the molecule is O=C(Nc1cc(Br)ccc1C(=O)O)NC1CCSC1. The number of hydrogen-bond donors (Lipinski definition) is 3. The predicted octanol–water partition coefficient (Wildman–Crippen LogP) is 2.77. The van der Waals surface area contributed by atoms with Gasteiger partial charge in [0.2, 0.25) is 0 Å². The molecule has 2 rings (SSSR count). The van der Waals surface area contributed by atoms with Crippen LogP contribution in [0.25, 0.3) is 0 Å². The Kier molecular flexibility index (Phi) is 4.71. The lowest BCUT2D eigenvalue weighted by atomic mass is 10.2. The Morgan fingerprint density at radius 2 is 2.21 bits per heavy atom. The van der Waals surface area contributed by atoms with Gasteiger partial charge >= 0.3 is 12.0 Å². The fourth-order valence-corrected chi connectivity index (χ4v) is 3.31. The van der Waals surface area contributed by atoms with E-state index in [9.17, 15) is 9.59 Å². The Labute approximate surface area is 123 Å². The van der Waals surface area contributed by atoms with Crippen molar-refractivity contribution in [2.75, 3.05) is 16.8 Å². The number of halogens is 1. The average Bonchev–Trinajstić information content (AvgIpc) is 2.81. The maximum absolute atomic E-state index is 11.8. The van der Waals surface area contributed by atoms with Crippen LogP contribution in [-0.4, -0.2) is 34.7 Å². The normalized spacial score (nSPS) is 18.1. The molecule has 0 bridgehead atoms. The van der Waals surface area contributed by atoms with E-state index in [4.69, 9.17) is 5.11 Å². The molecule has 1 heterocycles. The largest absolute Gasteiger partial charge is 0.478 e. The number of rotatable bonds is 3. The van der Waals surface area contributed by atoms with E-state index in [1.807, 2.05) is 0 Å². The summed E-state index contributed by atoms with van der Waals surface area (Å²) in [4.78, 5) is 22.9. The smallest absolute Gasteiger partial charge is 0.337 e. The lowest BCUT2D eigenvalue weighted by molar-refractivity contribution is 0.0698. The molecule has 0 spiro atoms. The molecule has 0 aromatic heterocycles. The van der Waals surface area contributed by atoms with Gasteiger partial charge in [-0.2, -0.15) is 11.8 Å². The number of nitrogens with one attached hydrogen (secondary N) is 2. The lowest BCUT2D eigenvalue weighted by Crippen LogP contribution is -2.38. The first-order chi connectivity index (χ1) is 9.06. The number of carbonyl (C=O) groups is 2. The summed E-state index contributed by atoms with van der Waals surface area (Å²) in [6, 6.07) is 4.44. The van der Waals surface area contributed by atoms with Crippen molar-refractivity contribution in [2.24, 2.45) is 0 Å². The van der Waals surface area contributed by atoms with E-state index in [0.29, 0.717) is 4.47 Å². The summed E-state index contributed by atoms with van der Waals surface area (Å²) in [5.74, 6) is 0.874. The number of carbonyl (C=O) groups excluding carboxylic acids is 1. The molecule has 1 aliphatic rings. The summed E-state index contributed by atoms with van der Waals surface area (Å²) in [6.45, 7) is 0. The van der Waals surface area contributed by atoms with Crippen molar-refractivity contribution in [3.05, 3.63) is 28.2 Å². The second kappa shape index (κ2) is 6.29. The van der Waals surface area contributed by atoms with Gasteiger partial charge in [-0.15, -0.1) is 0 Å². The second-order valence-electron chi connectivity index (χ2n) is 4.15. The third-order valence-corrected chi connectivity index (χ3v) is 4.38. The van der Waals surface area contributed by atoms with E-state index in [1.165, 1.54) is 6.07 Å². The highest BCUT2D eigenvalue weighted by atomic mass is 79.9. The van der Waals surface area contributed by atoms with Crippen LogP contribution in [0.4, 0.5) is 10.5 Å². The molecule has 1 aliphatic heterocycles. The molecule has 1 fully saturated rings. The standard InChI is InChI=1S/C12H13BrN2O3S/c13-7-1-2-9(11(16)17)10(5-7)15-12(18)14-8-3-4-19-6-8/h1-2,5,8H,3-4,6H2,(H,16,17)(H2,14,15,18). The van der Waals surface area contributed by atoms with Gasteiger partial charge in [0.25, 0.3) is 0 Å². The molecule has 1 aromatic rings.